The van der Waals surface area contributed by atoms with Gasteiger partial charge in [0.2, 0.25) is 5.91 Å². The summed E-state index contributed by atoms with van der Waals surface area (Å²) in [5.41, 5.74) is 5.21. The summed E-state index contributed by atoms with van der Waals surface area (Å²) in [7, 11) is 0. The molecule has 0 fully saturated rings. The van der Waals surface area contributed by atoms with E-state index in [4.69, 9.17) is 16.7 Å². The molecule has 0 bridgehead atoms. The molecule has 0 saturated carbocycles. The number of carbonyl (C=O) groups is 1. The molecule has 2 aromatic heterocycles. The van der Waals surface area contributed by atoms with Gasteiger partial charge in [-0.1, -0.05) is 35.9 Å². The highest BCUT2D eigenvalue weighted by Gasteiger charge is 2.31. The Morgan fingerprint density at radius 3 is 2.53 bits per heavy atom. The second-order valence-electron chi connectivity index (χ2n) is 7.64. The number of aromatic nitrogens is 3. The molecule has 0 atom stereocenters. The van der Waals surface area contributed by atoms with Gasteiger partial charge in [-0.2, -0.15) is 5.10 Å². The summed E-state index contributed by atoms with van der Waals surface area (Å²) < 4.78 is 4.06. The topological polar surface area (TPSA) is 43.1 Å². The van der Waals surface area contributed by atoms with Gasteiger partial charge in [0.1, 0.15) is 5.82 Å². The van der Waals surface area contributed by atoms with Crippen LogP contribution in [0.15, 0.2) is 73.1 Å². The molecule has 0 N–H and O–H groups in total. The minimum Gasteiger partial charge on any atom is -0.332 e. The average Bonchev–Trinajstić information content (AvgIpc) is 3.45. The molecule has 0 spiro atoms. The minimum atomic E-state index is 0.0934. The summed E-state index contributed by atoms with van der Waals surface area (Å²) in [6, 6.07) is 19.7. The number of fused-ring (bicyclic) bond motifs is 1. The lowest BCUT2D eigenvalue weighted by Crippen LogP contribution is -2.27. The van der Waals surface area contributed by atoms with Crippen molar-refractivity contribution in [3.8, 4) is 11.5 Å². The number of amides is 1. The lowest BCUT2D eigenvalue weighted by atomic mass is 10.1. The van der Waals surface area contributed by atoms with E-state index in [-0.39, 0.29) is 5.91 Å². The predicted octanol–water partition coefficient (Wildman–Crippen LogP) is 4.71. The average molecular weight is 417 g/mol. The van der Waals surface area contributed by atoms with E-state index in [0.717, 1.165) is 28.3 Å². The van der Waals surface area contributed by atoms with Crippen molar-refractivity contribution in [3.05, 3.63) is 100 Å². The van der Waals surface area contributed by atoms with Gasteiger partial charge in [-0.3, -0.25) is 4.79 Å². The lowest BCUT2D eigenvalue weighted by Gasteiger charge is -2.18. The Kier molecular flexibility index (Phi) is 4.68. The first-order chi connectivity index (χ1) is 14.6. The summed E-state index contributed by atoms with van der Waals surface area (Å²) >= 11 is 5.95. The van der Waals surface area contributed by atoms with E-state index in [1.54, 1.807) is 0 Å². The van der Waals surface area contributed by atoms with Crippen LogP contribution in [0.4, 0.5) is 0 Å². The fourth-order valence-corrected chi connectivity index (χ4v) is 4.07. The van der Waals surface area contributed by atoms with Gasteiger partial charge in [-0.25, -0.2) is 4.68 Å². The van der Waals surface area contributed by atoms with Crippen molar-refractivity contribution in [1.29, 1.82) is 0 Å². The van der Waals surface area contributed by atoms with Gasteiger partial charge in [0.05, 0.1) is 30.9 Å². The van der Waals surface area contributed by atoms with Gasteiger partial charge in [-0.05, 0) is 54.4 Å². The summed E-state index contributed by atoms with van der Waals surface area (Å²) in [5.74, 6) is 1.08. The molecule has 0 radical (unpaired) electrons. The maximum absolute atomic E-state index is 12.9. The van der Waals surface area contributed by atoms with Crippen LogP contribution < -0.4 is 0 Å². The zero-order valence-corrected chi connectivity index (χ0v) is 17.4. The predicted molar refractivity (Wildman–Crippen MR) is 117 cm³/mol. The monoisotopic (exact) mass is 416 g/mol. The van der Waals surface area contributed by atoms with Crippen LogP contribution in [-0.2, 0) is 24.3 Å². The molecule has 5 rings (SSSR count). The summed E-state index contributed by atoms with van der Waals surface area (Å²) in [4.78, 5) is 14.8. The molecule has 0 aliphatic carbocycles. The molecule has 1 amide bonds. The van der Waals surface area contributed by atoms with E-state index in [1.165, 1.54) is 5.56 Å². The van der Waals surface area contributed by atoms with Gasteiger partial charge in [-0.15, -0.1) is 0 Å². The van der Waals surface area contributed by atoms with Gasteiger partial charge < -0.3 is 9.47 Å². The van der Waals surface area contributed by atoms with Crippen molar-refractivity contribution >= 4 is 17.5 Å². The summed E-state index contributed by atoms with van der Waals surface area (Å²) in [6.45, 7) is 3.16. The normalized spacial score (nSPS) is 12.9. The molecule has 6 heteroatoms. The Bertz CT molecular complexity index is 1210. The molecular formula is C24H21ClN4O. The van der Waals surface area contributed by atoms with E-state index in [1.807, 2.05) is 64.4 Å². The number of hydrogen-bond acceptors (Lipinski definition) is 2. The number of benzene rings is 2. The summed E-state index contributed by atoms with van der Waals surface area (Å²) in [5, 5.41) is 5.57. The van der Waals surface area contributed by atoms with Crippen LogP contribution in [0.3, 0.4) is 0 Å². The van der Waals surface area contributed by atoms with Gasteiger partial charge in [0.15, 0.2) is 0 Å². The molecular weight excluding hydrogens is 396 g/mol. The number of hydrogen-bond donors (Lipinski definition) is 0. The van der Waals surface area contributed by atoms with E-state index in [9.17, 15) is 4.79 Å². The molecule has 1 aliphatic heterocycles. The number of halogens is 1. The van der Waals surface area contributed by atoms with Gasteiger partial charge in [0, 0.05) is 23.0 Å². The molecule has 3 heterocycles. The lowest BCUT2D eigenvalue weighted by molar-refractivity contribution is -0.131. The smallest absolute Gasteiger partial charge is 0.227 e. The van der Waals surface area contributed by atoms with E-state index in [2.05, 4.69) is 29.7 Å². The first kappa shape index (κ1) is 18.7. The first-order valence-corrected chi connectivity index (χ1v) is 10.3. The van der Waals surface area contributed by atoms with E-state index >= 15 is 0 Å². The van der Waals surface area contributed by atoms with Crippen LogP contribution in [0.2, 0.25) is 5.02 Å². The molecule has 2 aromatic carbocycles. The van der Waals surface area contributed by atoms with Crippen LogP contribution in [-0.4, -0.2) is 25.2 Å². The third-order valence-corrected chi connectivity index (χ3v) is 5.70. The Morgan fingerprint density at radius 2 is 1.80 bits per heavy atom. The Labute approximate surface area is 180 Å². The SMILES string of the molecule is Cc1cccc(-n2nc3c(c2-n2cccc2)CN(C(=O)Cc2ccc(Cl)cc2)C3)c1. The Morgan fingerprint density at radius 1 is 1.03 bits per heavy atom. The zero-order chi connectivity index (χ0) is 20.7. The highest BCUT2D eigenvalue weighted by molar-refractivity contribution is 6.30. The van der Waals surface area contributed by atoms with Crippen molar-refractivity contribution in [2.75, 3.05) is 0 Å². The molecule has 0 saturated heterocycles. The summed E-state index contributed by atoms with van der Waals surface area (Å²) in [6.07, 6.45) is 4.39. The van der Waals surface area contributed by atoms with Gasteiger partial charge in [0.25, 0.3) is 0 Å². The number of aryl methyl sites for hydroxylation is 1. The van der Waals surface area contributed by atoms with Crippen molar-refractivity contribution in [2.45, 2.75) is 26.4 Å². The third kappa shape index (κ3) is 3.42. The van der Waals surface area contributed by atoms with Crippen LogP contribution in [0.5, 0.6) is 0 Å². The molecule has 5 nitrogen and oxygen atoms in total. The largest absolute Gasteiger partial charge is 0.332 e. The van der Waals surface area contributed by atoms with Crippen molar-refractivity contribution in [3.63, 3.8) is 0 Å². The number of carbonyl (C=O) groups excluding carboxylic acids is 1. The quantitative estimate of drug-likeness (QED) is 0.483. The van der Waals surface area contributed by atoms with Crippen LogP contribution in [0.1, 0.15) is 22.4 Å². The highest BCUT2D eigenvalue weighted by Crippen LogP contribution is 2.31. The maximum Gasteiger partial charge on any atom is 0.227 e. The Hall–Kier alpha value is -3.31. The van der Waals surface area contributed by atoms with E-state index < -0.39 is 0 Å². The fourth-order valence-electron chi connectivity index (χ4n) is 3.95. The fraction of sp³-hybridized carbons (Fsp3) is 0.167. The zero-order valence-electron chi connectivity index (χ0n) is 16.6. The minimum absolute atomic E-state index is 0.0934. The standard InChI is InChI=1S/C24H21ClN4O/c1-17-5-4-6-20(13-17)29-24(27-11-2-3-12-27)21-15-28(16-22(21)26-29)23(30)14-18-7-9-19(25)10-8-18/h2-13H,14-16H2,1H3. The van der Waals surface area contributed by atoms with Gasteiger partial charge >= 0.3 is 0 Å². The molecule has 30 heavy (non-hydrogen) atoms. The molecule has 150 valence electrons. The Balaban J connectivity index is 1.46. The molecule has 1 aliphatic rings. The van der Waals surface area contributed by atoms with Crippen LogP contribution in [0, 0.1) is 6.92 Å². The molecule has 4 aromatic rings. The second-order valence-corrected chi connectivity index (χ2v) is 8.08. The third-order valence-electron chi connectivity index (χ3n) is 5.45. The first-order valence-electron chi connectivity index (χ1n) is 9.92. The molecule has 0 unspecified atom stereocenters. The second kappa shape index (κ2) is 7.50. The highest BCUT2D eigenvalue weighted by atomic mass is 35.5. The number of rotatable bonds is 4. The van der Waals surface area contributed by atoms with Crippen LogP contribution in [0.25, 0.3) is 11.5 Å². The van der Waals surface area contributed by atoms with Crippen molar-refractivity contribution in [2.24, 2.45) is 0 Å². The van der Waals surface area contributed by atoms with E-state index in [0.29, 0.717) is 24.5 Å². The maximum atomic E-state index is 12.9. The van der Waals surface area contributed by atoms with Crippen molar-refractivity contribution < 1.29 is 4.79 Å². The number of nitrogens with zero attached hydrogens (tertiary/aromatic N) is 4. The van der Waals surface area contributed by atoms with Crippen LogP contribution >= 0.6 is 11.6 Å². The van der Waals surface area contributed by atoms with Crippen molar-refractivity contribution in [1.82, 2.24) is 19.2 Å².